The average molecular weight is 473 g/mol. The maximum atomic E-state index is 13.6. The zero-order valence-corrected chi connectivity index (χ0v) is 20.0. The lowest BCUT2D eigenvalue weighted by Gasteiger charge is -2.38. The predicted molar refractivity (Wildman–Crippen MR) is 118 cm³/mol. The second-order valence-electron chi connectivity index (χ2n) is 9.33. The molecule has 0 spiro atoms. The number of hydrogen-bond acceptors (Lipinski definition) is 8. The van der Waals surface area contributed by atoms with Gasteiger partial charge in [-0.3, -0.25) is 14.4 Å². The SMILES string of the molecule is CC(=O)NC(CSCC1C(=O)CCC1C(=O)O)C(=O)[N+]1(C(=O)OC(C)(C)C)CCNCC1. The highest BCUT2D eigenvalue weighted by atomic mass is 32.2. The molecule has 3 N–H and O–H groups in total. The third-order valence-electron chi connectivity index (χ3n) is 5.68. The summed E-state index contributed by atoms with van der Waals surface area (Å²) in [6, 6.07) is -0.970. The van der Waals surface area contributed by atoms with Crippen molar-refractivity contribution in [2.45, 2.75) is 52.2 Å². The summed E-state index contributed by atoms with van der Waals surface area (Å²) < 4.78 is 5.02. The zero-order valence-electron chi connectivity index (χ0n) is 19.1. The monoisotopic (exact) mass is 472 g/mol. The summed E-state index contributed by atoms with van der Waals surface area (Å²) in [5.74, 6) is -2.93. The summed E-state index contributed by atoms with van der Waals surface area (Å²) in [7, 11) is 0. The number of carbonyl (C=O) groups excluding carboxylic acids is 4. The van der Waals surface area contributed by atoms with Crippen molar-refractivity contribution in [3.63, 3.8) is 0 Å². The molecule has 0 aromatic carbocycles. The molecule has 2 rings (SSSR count). The van der Waals surface area contributed by atoms with Crippen molar-refractivity contribution >= 4 is 41.4 Å². The minimum atomic E-state index is -0.994. The molecule has 2 fully saturated rings. The molecule has 1 aliphatic carbocycles. The minimum absolute atomic E-state index is 0.0911. The lowest BCUT2D eigenvalue weighted by atomic mass is 9.98. The molecule has 3 unspecified atom stereocenters. The maximum absolute atomic E-state index is 13.6. The Labute approximate surface area is 192 Å². The van der Waals surface area contributed by atoms with Crippen LogP contribution in [0.5, 0.6) is 0 Å². The highest BCUT2D eigenvalue weighted by molar-refractivity contribution is 7.99. The number of piperazine rings is 1. The Kier molecular flexibility index (Phi) is 8.83. The Morgan fingerprint density at radius 2 is 1.88 bits per heavy atom. The fourth-order valence-corrected chi connectivity index (χ4v) is 5.33. The van der Waals surface area contributed by atoms with E-state index in [9.17, 15) is 29.1 Å². The van der Waals surface area contributed by atoms with Gasteiger partial charge in [-0.25, -0.2) is 4.79 Å². The first-order chi connectivity index (χ1) is 14.9. The molecule has 180 valence electrons. The first kappa shape index (κ1) is 26.3. The van der Waals surface area contributed by atoms with Crippen molar-refractivity contribution in [1.82, 2.24) is 10.6 Å². The number of aliphatic carboxylic acids is 1. The van der Waals surface area contributed by atoms with E-state index in [1.54, 1.807) is 20.8 Å². The van der Waals surface area contributed by atoms with E-state index in [-0.39, 0.29) is 36.8 Å². The van der Waals surface area contributed by atoms with Gasteiger partial charge in [-0.1, -0.05) is 0 Å². The summed E-state index contributed by atoms with van der Waals surface area (Å²) in [5, 5.41) is 15.1. The lowest BCUT2D eigenvalue weighted by molar-refractivity contribution is -0.786. The number of carbonyl (C=O) groups is 5. The van der Waals surface area contributed by atoms with Crippen LogP contribution >= 0.6 is 11.8 Å². The molecule has 32 heavy (non-hydrogen) atoms. The second kappa shape index (κ2) is 10.8. The third kappa shape index (κ3) is 6.52. The van der Waals surface area contributed by atoms with Crippen LogP contribution in [-0.2, 0) is 23.9 Å². The van der Waals surface area contributed by atoms with Crippen LogP contribution in [0.1, 0.15) is 40.5 Å². The van der Waals surface area contributed by atoms with Crippen LogP contribution in [-0.4, -0.2) is 88.6 Å². The minimum Gasteiger partial charge on any atom is -0.481 e. The molecule has 2 aliphatic rings. The molecule has 3 atom stereocenters. The smallest absolute Gasteiger partial charge is 0.481 e. The maximum Gasteiger partial charge on any atom is 0.524 e. The van der Waals surface area contributed by atoms with Crippen molar-refractivity contribution in [1.29, 1.82) is 0 Å². The number of thioether (sulfide) groups is 1. The van der Waals surface area contributed by atoms with E-state index >= 15 is 0 Å². The molecule has 0 aromatic heterocycles. The number of nitrogens with zero attached hydrogens (tertiary/aromatic N) is 1. The van der Waals surface area contributed by atoms with Gasteiger partial charge in [-0.05, 0) is 27.2 Å². The summed E-state index contributed by atoms with van der Waals surface area (Å²) >= 11 is 1.24. The second-order valence-corrected chi connectivity index (χ2v) is 10.4. The fourth-order valence-electron chi connectivity index (χ4n) is 4.06. The third-order valence-corrected chi connectivity index (χ3v) is 6.85. The normalized spacial score (nSPS) is 23.9. The van der Waals surface area contributed by atoms with Crippen LogP contribution in [0.25, 0.3) is 0 Å². The van der Waals surface area contributed by atoms with Crippen LogP contribution in [0, 0.1) is 11.8 Å². The van der Waals surface area contributed by atoms with E-state index in [0.717, 1.165) is 0 Å². The van der Waals surface area contributed by atoms with Gasteiger partial charge in [-0.15, -0.1) is 0 Å². The van der Waals surface area contributed by atoms with Gasteiger partial charge in [-0.2, -0.15) is 21.0 Å². The Morgan fingerprint density at radius 1 is 1.25 bits per heavy atom. The number of nitrogens with one attached hydrogen (secondary N) is 2. The molecular formula is C21H34N3O7S+. The Hall–Kier alpha value is -1.98. The summed E-state index contributed by atoms with van der Waals surface area (Å²) in [4.78, 5) is 62.0. The number of amides is 3. The van der Waals surface area contributed by atoms with Gasteiger partial charge < -0.3 is 20.5 Å². The van der Waals surface area contributed by atoms with Gasteiger partial charge in [0.1, 0.15) is 24.5 Å². The first-order valence-electron chi connectivity index (χ1n) is 10.8. The van der Waals surface area contributed by atoms with Gasteiger partial charge in [0.25, 0.3) is 0 Å². The van der Waals surface area contributed by atoms with Gasteiger partial charge in [0.2, 0.25) is 5.91 Å². The van der Waals surface area contributed by atoms with E-state index in [4.69, 9.17) is 4.74 Å². The molecule has 1 saturated carbocycles. The highest BCUT2D eigenvalue weighted by Gasteiger charge is 2.52. The van der Waals surface area contributed by atoms with Gasteiger partial charge in [0, 0.05) is 43.9 Å². The Bertz CT molecular complexity index is 759. The number of rotatable bonds is 7. The summed E-state index contributed by atoms with van der Waals surface area (Å²) in [5.41, 5.74) is -0.777. The van der Waals surface area contributed by atoms with Gasteiger partial charge in [0.05, 0.1) is 5.92 Å². The first-order valence-corrected chi connectivity index (χ1v) is 12.0. The molecule has 1 heterocycles. The van der Waals surface area contributed by atoms with E-state index in [1.165, 1.54) is 18.7 Å². The molecule has 1 aliphatic heterocycles. The van der Waals surface area contributed by atoms with E-state index < -0.39 is 51.8 Å². The summed E-state index contributed by atoms with van der Waals surface area (Å²) in [6.45, 7) is 7.78. The number of carboxylic acids is 1. The molecule has 0 aromatic rings. The van der Waals surface area contributed by atoms with Crippen molar-refractivity contribution in [3.8, 4) is 0 Å². The number of hydrogen-bond donors (Lipinski definition) is 3. The van der Waals surface area contributed by atoms with Crippen LogP contribution in [0.4, 0.5) is 4.79 Å². The topological polar surface area (TPSA) is 139 Å². The van der Waals surface area contributed by atoms with Crippen molar-refractivity contribution in [2.75, 3.05) is 37.7 Å². The van der Waals surface area contributed by atoms with E-state index in [2.05, 4.69) is 10.6 Å². The zero-order chi connectivity index (χ0) is 24.1. The van der Waals surface area contributed by atoms with Crippen molar-refractivity contribution < 1.29 is 38.3 Å². The van der Waals surface area contributed by atoms with E-state index in [0.29, 0.717) is 19.5 Å². The molecule has 3 amide bonds. The summed E-state index contributed by atoms with van der Waals surface area (Å²) in [6.07, 6.45) is -0.0951. The van der Waals surface area contributed by atoms with Crippen molar-refractivity contribution in [3.05, 3.63) is 0 Å². The lowest BCUT2D eigenvalue weighted by Crippen LogP contribution is -2.69. The molecule has 10 nitrogen and oxygen atoms in total. The fraction of sp³-hybridized carbons (Fsp3) is 0.762. The van der Waals surface area contributed by atoms with E-state index in [1.807, 2.05) is 0 Å². The largest absolute Gasteiger partial charge is 0.524 e. The molecule has 11 heteroatoms. The number of Topliss-reactive ketones (excluding diaryl/α,β-unsaturated/α-hetero) is 1. The van der Waals surface area contributed by atoms with Crippen LogP contribution in [0.3, 0.4) is 0 Å². The molecule has 1 saturated heterocycles. The molecular weight excluding hydrogens is 438 g/mol. The number of carboxylic acid groups (broad SMARTS) is 1. The number of imide groups is 1. The predicted octanol–water partition coefficient (Wildman–Crippen LogP) is 0.786. The molecule has 0 bridgehead atoms. The standard InChI is InChI=1S/C21H33N3O7S/c1-13(25)23-16(12-32-11-15-14(19(28)29)5-6-17(15)26)18(27)24(9-7-22-8-10-24)20(30)31-21(2,3)4/h14-16,22H,5-12H2,1-4H3,(H-,23,25,28,29)/p+1. The van der Waals surface area contributed by atoms with Crippen molar-refractivity contribution in [2.24, 2.45) is 11.8 Å². The average Bonchev–Trinajstić information content (AvgIpc) is 3.06. The Balaban J connectivity index is 2.17. The quantitative estimate of drug-likeness (QED) is 0.459. The van der Waals surface area contributed by atoms with Gasteiger partial charge in [0.15, 0.2) is 6.04 Å². The van der Waals surface area contributed by atoms with Crippen LogP contribution in [0.2, 0.25) is 0 Å². The van der Waals surface area contributed by atoms with Gasteiger partial charge >= 0.3 is 18.0 Å². The van der Waals surface area contributed by atoms with Crippen LogP contribution in [0.15, 0.2) is 0 Å². The number of quaternary nitrogens is 1. The highest BCUT2D eigenvalue weighted by Crippen LogP contribution is 2.32. The number of ketones is 1. The molecule has 0 radical (unpaired) electrons. The number of ether oxygens (including phenoxy) is 1. The Morgan fingerprint density at radius 3 is 2.41 bits per heavy atom. The van der Waals surface area contributed by atoms with Crippen LogP contribution < -0.4 is 10.6 Å².